The summed E-state index contributed by atoms with van der Waals surface area (Å²) < 4.78 is 33.5. The minimum Gasteiger partial charge on any atom is -0.394 e. The number of alkyl halides is 1. The van der Waals surface area contributed by atoms with Gasteiger partial charge < -0.3 is 20.7 Å². The fraction of sp³-hybridized carbons (Fsp3) is 0.500. The molecule has 3 heterocycles. The van der Waals surface area contributed by atoms with Gasteiger partial charge in [0, 0.05) is 0 Å². The Hall–Kier alpha value is -1.91. The first-order valence-corrected chi connectivity index (χ1v) is 5.77. The molecule has 8 nitrogen and oxygen atoms in total. The largest absolute Gasteiger partial charge is 0.394 e. The summed E-state index contributed by atoms with van der Waals surface area (Å²) in [6.07, 6.45) is -5.57. The maximum absolute atomic E-state index is 14.0. The van der Waals surface area contributed by atoms with Crippen LogP contribution in [-0.2, 0) is 4.74 Å². The average Bonchev–Trinajstić information content (AvgIpc) is 2.93. The monoisotopic (exact) mass is 287 g/mol. The highest BCUT2D eigenvalue weighted by Crippen LogP contribution is 2.33. The number of nitrogens with zero attached hydrogens (tertiary/aromatic N) is 4. The summed E-state index contributed by atoms with van der Waals surface area (Å²) in [5.74, 6) is -0.182. The molecule has 1 aliphatic rings. The van der Waals surface area contributed by atoms with Gasteiger partial charge in [-0.2, -0.15) is 14.4 Å². The zero-order valence-corrected chi connectivity index (χ0v) is 10.0. The number of ether oxygens (including phenoxy) is 1. The smallest absolute Gasteiger partial charge is 0.312 e. The Morgan fingerprint density at radius 3 is 2.85 bits per heavy atom. The van der Waals surface area contributed by atoms with Gasteiger partial charge in [-0.3, -0.25) is 4.57 Å². The van der Waals surface area contributed by atoms with Gasteiger partial charge in [0.15, 0.2) is 29.4 Å². The van der Waals surface area contributed by atoms with Crippen LogP contribution in [-0.4, -0.2) is 54.7 Å². The van der Waals surface area contributed by atoms with Crippen molar-refractivity contribution in [2.24, 2.45) is 0 Å². The van der Waals surface area contributed by atoms with Crippen LogP contribution in [0.4, 0.5) is 14.6 Å². The van der Waals surface area contributed by atoms with E-state index in [2.05, 4.69) is 15.0 Å². The molecular weight excluding hydrogens is 276 g/mol. The topological polar surface area (TPSA) is 119 Å². The van der Waals surface area contributed by atoms with Gasteiger partial charge in [-0.1, -0.05) is 0 Å². The van der Waals surface area contributed by atoms with Gasteiger partial charge in [-0.25, -0.2) is 9.37 Å². The Kier molecular flexibility index (Phi) is 3.00. The first kappa shape index (κ1) is 13.1. The zero-order valence-electron chi connectivity index (χ0n) is 10.0. The standard InChI is InChI=1S/C10H11F2N5O3/c11-4-6(19)3(1-18)20-9(4)17-2-14-5-7(13)15-10(12)16-8(5)17/h2-4,6,9,18-19H,1H2,(H2,13,15,16)/t3-,4?,6?,9-/m1/s1. The van der Waals surface area contributed by atoms with Crippen molar-refractivity contribution in [2.45, 2.75) is 24.6 Å². The Morgan fingerprint density at radius 2 is 2.20 bits per heavy atom. The lowest BCUT2D eigenvalue weighted by molar-refractivity contribution is -0.0459. The molecule has 108 valence electrons. The number of hydrogen-bond acceptors (Lipinski definition) is 7. The Labute approximate surface area is 110 Å². The number of aliphatic hydroxyl groups is 2. The molecule has 0 bridgehead atoms. The maximum Gasteiger partial charge on any atom is 0.312 e. The molecule has 2 unspecified atom stereocenters. The van der Waals surface area contributed by atoms with Crippen LogP contribution in [0.25, 0.3) is 11.2 Å². The van der Waals surface area contributed by atoms with Gasteiger partial charge in [0.2, 0.25) is 0 Å². The van der Waals surface area contributed by atoms with Crippen LogP contribution in [0, 0.1) is 6.08 Å². The number of fused-ring (bicyclic) bond motifs is 1. The third kappa shape index (κ3) is 1.80. The van der Waals surface area contributed by atoms with Crippen molar-refractivity contribution in [1.82, 2.24) is 19.5 Å². The normalized spacial score (nSPS) is 30.2. The maximum atomic E-state index is 14.0. The molecule has 0 radical (unpaired) electrons. The average molecular weight is 287 g/mol. The summed E-state index contributed by atoms with van der Waals surface area (Å²) in [6, 6.07) is 0. The molecule has 4 atom stereocenters. The second-order valence-electron chi connectivity index (χ2n) is 4.38. The summed E-state index contributed by atoms with van der Waals surface area (Å²) in [6.45, 7) is -0.545. The summed E-state index contributed by atoms with van der Waals surface area (Å²) in [4.78, 5) is 10.7. The van der Waals surface area contributed by atoms with Gasteiger partial charge in [0.1, 0.15) is 12.2 Å². The molecule has 0 aromatic carbocycles. The van der Waals surface area contributed by atoms with Crippen LogP contribution in [0.3, 0.4) is 0 Å². The van der Waals surface area contributed by atoms with Gasteiger partial charge in [0.05, 0.1) is 12.9 Å². The molecule has 10 heteroatoms. The van der Waals surface area contributed by atoms with Gasteiger partial charge in [-0.15, -0.1) is 0 Å². The van der Waals surface area contributed by atoms with Crippen LogP contribution in [0.15, 0.2) is 6.33 Å². The fourth-order valence-electron chi connectivity index (χ4n) is 2.18. The highest BCUT2D eigenvalue weighted by Gasteiger charge is 2.45. The number of imidazole rings is 1. The molecule has 0 aliphatic carbocycles. The molecule has 4 N–H and O–H groups in total. The summed E-state index contributed by atoms with van der Waals surface area (Å²) >= 11 is 0. The quantitative estimate of drug-likeness (QED) is 0.614. The number of nitrogens with two attached hydrogens (primary N) is 1. The summed E-state index contributed by atoms with van der Waals surface area (Å²) in [5, 5.41) is 18.6. The first-order valence-electron chi connectivity index (χ1n) is 5.77. The fourth-order valence-corrected chi connectivity index (χ4v) is 2.18. The van der Waals surface area contributed by atoms with E-state index >= 15 is 0 Å². The van der Waals surface area contributed by atoms with E-state index in [0.29, 0.717) is 0 Å². The van der Waals surface area contributed by atoms with E-state index < -0.39 is 37.3 Å². The first-order chi connectivity index (χ1) is 9.52. The molecule has 1 aliphatic heterocycles. The molecule has 2 aromatic heterocycles. The molecule has 20 heavy (non-hydrogen) atoms. The molecule has 3 rings (SSSR count). The van der Waals surface area contributed by atoms with Crippen LogP contribution in [0.5, 0.6) is 0 Å². The highest BCUT2D eigenvalue weighted by molar-refractivity contribution is 5.81. The van der Waals surface area contributed by atoms with E-state index in [4.69, 9.17) is 15.6 Å². The van der Waals surface area contributed by atoms with E-state index in [1.165, 1.54) is 6.33 Å². The van der Waals surface area contributed by atoms with Crippen molar-refractivity contribution in [3.8, 4) is 0 Å². The third-order valence-electron chi connectivity index (χ3n) is 3.17. The number of aromatic nitrogens is 4. The lowest BCUT2D eigenvalue weighted by atomic mass is 10.1. The lowest BCUT2D eigenvalue weighted by Crippen LogP contribution is -2.30. The molecule has 0 amide bonds. The van der Waals surface area contributed by atoms with E-state index in [1.807, 2.05) is 0 Å². The molecule has 0 spiro atoms. The van der Waals surface area contributed by atoms with Crippen LogP contribution >= 0.6 is 0 Å². The highest BCUT2D eigenvalue weighted by atomic mass is 19.1. The van der Waals surface area contributed by atoms with Gasteiger partial charge in [-0.05, 0) is 0 Å². The number of anilines is 1. The Bertz CT molecular complexity index is 651. The van der Waals surface area contributed by atoms with Crippen molar-refractivity contribution in [3.63, 3.8) is 0 Å². The van der Waals surface area contributed by atoms with Crippen LogP contribution in [0.2, 0.25) is 0 Å². The van der Waals surface area contributed by atoms with Crippen molar-refractivity contribution in [1.29, 1.82) is 0 Å². The molecule has 1 saturated heterocycles. The molecule has 1 fully saturated rings. The van der Waals surface area contributed by atoms with E-state index in [-0.39, 0.29) is 17.0 Å². The van der Waals surface area contributed by atoms with Crippen LogP contribution < -0.4 is 5.73 Å². The minimum atomic E-state index is -1.82. The van der Waals surface area contributed by atoms with Gasteiger partial charge in [0.25, 0.3) is 0 Å². The lowest BCUT2D eigenvalue weighted by Gasteiger charge is -2.14. The number of nitrogen functional groups attached to an aromatic ring is 1. The third-order valence-corrected chi connectivity index (χ3v) is 3.17. The van der Waals surface area contributed by atoms with E-state index in [1.54, 1.807) is 0 Å². The predicted octanol–water partition coefficient (Wildman–Crippen LogP) is -0.864. The van der Waals surface area contributed by atoms with Gasteiger partial charge >= 0.3 is 6.08 Å². The number of halogens is 2. The zero-order chi connectivity index (χ0) is 14.4. The predicted molar refractivity (Wildman–Crippen MR) is 61.6 cm³/mol. The van der Waals surface area contributed by atoms with E-state index in [0.717, 1.165) is 4.57 Å². The Balaban J connectivity index is 2.07. The second kappa shape index (κ2) is 4.58. The minimum absolute atomic E-state index is 0.0477. The number of aliphatic hydroxyl groups excluding tert-OH is 2. The molecular formula is C10H11F2N5O3. The summed E-state index contributed by atoms with van der Waals surface area (Å²) in [7, 11) is 0. The van der Waals surface area contributed by atoms with Crippen molar-refractivity contribution >= 4 is 17.0 Å². The number of hydrogen-bond donors (Lipinski definition) is 3. The Morgan fingerprint density at radius 1 is 1.45 bits per heavy atom. The van der Waals surface area contributed by atoms with Crippen molar-refractivity contribution < 1.29 is 23.7 Å². The molecule has 0 saturated carbocycles. The molecule has 2 aromatic rings. The van der Waals surface area contributed by atoms with Crippen molar-refractivity contribution in [2.75, 3.05) is 12.3 Å². The van der Waals surface area contributed by atoms with Crippen molar-refractivity contribution in [3.05, 3.63) is 12.4 Å². The van der Waals surface area contributed by atoms with E-state index in [9.17, 15) is 13.9 Å². The summed E-state index contributed by atoms with van der Waals surface area (Å²) in [5.41, 5.74) is 5.55. The van der Waals surface area contributed by atoms with Crippen LogP contribution in [0.1, 0.15) is 6.23 Å². The second-order valence-corrected chi connectivity index (χ2v) is 4.38. The number of rotatable bonds is 2. The SMILES string of the molecule is Nc1nc(F)nc2c1ncn2[C@@H]1O[C@H](CO)C(O)C1F.